The monoisotopic (exact) mass is 250 g/mol. The van der Waals surface area contributed by atoms with Crippen LogP contribution in [0.15, 0.2) is 18.2 Å². The quantitative estimate of drug-likeness (QED) is 0.833. The maximum atomic E-state index is 13.1. The van der Waals surface area contributed by atoms with E-state index < -0.39 is 0 Å². The molecule has 2 nitrogen and oxygen atoms in total. The highest BCUT2D eigenvalue weighted by Gasteiger charge is 2.16. The van der Waals surface area contributed by atoms with Crippen LogP contribution in [0.2, 0.25) is 0 Å². The summed E-state index contributed by atoms with van der Waals surface area (Å²) in [5.41, 5.74) is 1.19. The lowest BCUT2D eigenvalue weighted by atomic mass is 10.1. The second kappa shape index (κ2) is 6.53. The average Bonchev–Trinajstić information content (AvgIpc) is 2.35. The predicted octanol–water partition coefficient (Wildman–Crippen LogP) is 2.87. The third-order valence-corrected chi connectivity index (χ3v) is 2.84. The third-order valence-electron chi connectivity index (χ3n) is 2.84. The van der Waals surface area contributed by atoms with Crippen molar-refractivity contribution in [1.29, 1.82) is 0 Å². The van der Waals surface area contributed by atoms with E-state index in [1.807, 2.05) is 13.8 Å². The highest BCUT2D eigenvalue weighted by atomic mass is 19.1. The van der Waals surface area contributed by atoms with Crippen LogP contribution in [0.3, 0.4) is 0 Å². The van der Waals surface area contributed by atoms with Crippen LogP contribution in [0.1, 0.15) is 38.3 Å². The van der Waals surface area contributed by atoms with Crippen molar-refractivity contribution in [3.8, 4) is 11.8 Å². The number of ether oxygens (including phenoxy) is 1. The molecule has 0 atom stereocenters. The molecule has 0 bridgehead atoms. The minimum Gasteiger partial charge on any atom is -0.384 e. The first-order chi connectivity index (χ1) is 8.48. The zero-order valence-corrected chi connectivity index (χ0v) is 11.1. The Kier molecular flexibility index (Phi) is 5.33. The summed E-state index contributed by atoms with van der Waals surface area (Å²) in [6, 6.07) is 4.42. The summed E-state index contributed by atoms with van der Waals surface area (Å²) in [5.74, 6) is 4.93. The molecule has 0 saturated heterocycles. The van der Waals surface area contributed by atoms with Gasteiger partial charge in [-0.2, -0.15) is 0 Å². The molecule has 0 fully saturated rings. The van der Waals surface area contributed by atoms with Gasteiger partial charge in [0.2, 0.25) is 0 Å². The van der Waals surface area contributed by atoms with Crippen molar-refractivity contribution in [2.75, 3.05) is 6.61 Å². The molecule has 0 spiro atoms. The largest absolute Gasteiger partial charge is 0.384 e. The Morgan fingerprint density at radius 3 is 2.72 bits per heavy atom. The van der Waals surface area contributed by atoms with Crippen LogP contribution in [0.5, 0.6) is 0 Å². The van der Waals surface area contributed by atoms with Crippen molar-refractivity contribution in [3.63, 3.8) is 0 Å². The van der Waals surface area contributed by atoms with E-state index in [1.165, 1.54) is 12.1 Å². The predicted molar refractivity (Wildman–Crippen MR) is 69.5 cm³/mol. The van der Waals surface area contributed by atoms with Crippen LogP contribution in [-0.4, -0.2) is 17.3 Å². The third kappa shape index (κ3) is 4.48. The summed E-state index contributed by atoms with van der Waals surface area (Å²) >= 11 is 0. The van der Waals surface area contributed by atoms with Crippen LogP contribution < -0.4 is 0 Å². The lowest BCUT2D eigenvalue weighted by Gasteiger charge is -2.23. The Labute approximate surface area is 108 Å². The summed E-state index contributed by atoms with van der Waals surface area (Å²) in [5, 5.41) is 8.69. The topological polar surface area (TPSA) is 29.5 Å². The first-order valence-electron chi connectivity index (χ1n) is 6.00. The zero-order valence-electron chi connectivity index (χ0n) is 11.1. The van der Waals surface area contributed by atoms with Gasteiger partial charge in [0, 0.05) is 5.56 Å². The highest BCUT2D eigenvalue weighted by Crippen LogP contribution is 2.18. The minimum atomic E-state index is -0.337. The second-order valence-electron chi connectivity index (χ2n) is 4.66. The van der Waals surface area contributed by atoms with Gasteiger partial charge < -0.3 is 9.84 Å². The molecule has 0 heterocycles. The Balaban J connectivity index is 2.88. The number of aliphatic hydroxyl groups is 1. The molecular weight excluding hydrogens is 231 g/mol. The van der Waals surface area contributed by atoms with Gasteiger partial charge in [-0.05, 0) is 38.0 Å². The van der Waals surface area contributed by atoms with Crippen LogP contribution in [0.4, 0.5) is 4.39 Å². The fourth-order valence-corrected chi connectivity index (χ4v) is 1.30. The fraction of sp³-hybridized carbons (Fsp3) is 0.467. The Hall–Kier alpha value is -1.37. The van der Waals surface area contributed by atoms with Crippen molar-refractivity contribution in [2.45, 2.75) is 39.4 Å². The molecule has 0 aromatic heterocycles. The van der Waals surface area contributed by atoms with Crippen molar-refractivity contribution in [2.24, 2.45) is 0 Å². The van der Waals surface area contributed by atoms with Gasteiger partial charge in [0.15, 0.2) is 0 Å². The first-order valence-corrected chi connectivity index (χ1v) is 6.00. The summed E-state index contributed by atoms with van der Waals surface area (Å²) in [6.45, 7) is 6.22. The van der Waals surface area contributed by atoms with Gasteiger partial charge in [0.05, 0.1) is 12.2 Å². The molecule has 0 unspecified atom stereocenters. The SMILES string of the molecule is CCC(C)(C)OCc1ccc(F)cc1C#CCO. The van der Waals surface area contributed by atoms with Gasteiger partial charge in [-0.25, -0.2) is 4.39 Å². The molecule has 1 N–H and O–H groups in total. The number of hydrogen-bond acceptors (Lipinski definition) is 2. The summed E-state index contributed by atoms with van der Waals surface area (Å²) in [7, 11) is 0. The van der Waals surface area contributed by atoms with E-state index in [9.17, 15) is 4.39 Å². The maximum absolute atomic E-state index is 13.1. The Morgan fingerprint density at radius 2 is 2.11 bits per heavy atom. The average molecular weight is 250 g/mol. The Bertz CT molecular complexity index is 455. The minimum absolute atomic E-state index is 0.212. The van der Waals surface area contributed by atoms with Crippen LogP contribution in [0, 0.1) is 17.7 Å². The summed E-state index contributed by atoms with van der Waals surface area (Å²) in [6.07, 6.45) is 0.895. The van der Waals surface area contributed by atoms with Crippen molar-refractivity contribution in [1.82, 2.24) is 0 Å². The lowest BCUT2D eigenvalue weighted by Crippen LogP contribution is -2.22. The van der Waals surface area contributed by atoms with Crippen LogP contribution >= 0.6 is 0 Å². The van der Waals surface area contributed by atoms with Crippen molar-refractivity contribution in [3.05, 3.63) is 35.1 Å². The van der Waals surface area contributed by atoms with Crippen LogP contribution in [0.25, 0.3) is 0 Å². The molecule has 3 heteroatoms. The van der Waals surface area contributed by atoms with E-state index in [4.69, 9.17) is 9.84 Å². The molecule has 18 heavy (non-hydrogen) atoms. The summed E-state index contributed by atoms with van der Waals surface area (Å²) in [4.78, 5) is 0. The molecule has 0 saturated carbocycles. The second-order valence-corrected chi connectivity index (χ2v) is 4.66. The molecule has 0 aliphatic heterocycles. The van der Waals surface area contributed by atoms with Gasteiger partial charge in [0.25, 0.3) is 0 Å². The van der Waals surface area contributed by atoms with E-state index >= 15 is 0 Å². The van der Waals surface area contributed by atoms with E-state index in [0.29, 0.717) is 12.2 Å². The number of aliphatic hydroxyl groups excluding tert-OH is 1. The van der Waals surface area contributed by atoms with Crippen molar-refractivity contribution < 1.29 is 14.2 Å². The maximum Gasteiger partial charge on any atom is 0.124 e. The molecule has 0 amide bonds. The molecule has 0 aliphatic rings. The Morgan fingerprint density at radius 1 is 1.39 bits per heavy atom. The molecular formula is C15H19FO2. The van der Waals surface area contributed by atoms with Gasteiger partial charge in [0.1, 0.15) is 12.4 Å². The van der Waals surface area contributed by atoms with E-state index in [1.54, 1.807) is 6.07 Å². The van der Waals surface area contributed by atoms with E-state index in [2.05, 4.69) is 18.8 Å². The number of rotatable bonds is 4. The molecule has 1 rings (SSSR count). The van der Waals surface area contributed by atoms with Gasteiger partial charge >= 0.3 is 0 Å². The standard InChI is InChI=1S/C15H19FO2/c1-4-15(2,3)18-11-13-7-8-14(16)10-12(13)6-5-9-17/h7-8,10,17H,4,9,11H2,1-3H3. The summed E-state index contributed by atoms with van der Waals surface area (Å²) < 4.78 is 18.9. The van der Waals surface area contributed by atoms with Crippen LogP contribution in [-0.2, 0) is 11.3 Å². The molecule has 98 valence electrons. The fourth-order valence-electron chi connectivity index (χ4n) is 1.30. The van der Waals surface area contributed by atoms with E-state index in [-0.39, 0.29) is 18.0 Å². The normalized spacial score (nSPS) is 10.9. The number of hydrogen-bond donors (Lipinski definition) is 1. The molecule has 0 radical (unpaired) electrons. The zero-order chi connectivity index (χ0) is 13.6. The molecule has 0 aliphatic carbocycles. The lowest BCUT2D eigenvalue weighted by molar-refractivity contribution is -0.0317. The first kappa shape index (κ1) is 14.7. The smallest absolute Gasteiger partial charge is 0.124 e. The number of halogens is 1. The molecule has 1 aromatic rings. The van der Waals surface area contributed by atoms with Gasteiger partial charge in [-0.1, -0.05) is 24.8 Å². The molecule has 1 aromatic carbocycles. The highest BCUT2D eigenvalue weighted by molar-refractivity contribution is 5.41. The van der Waals surface area contributed by atoms with Gasteiger partial charge in [-0.3, -0.25) is 0 Å². The van der Waals surface area contributed by atoms with Crippen molar-refractivity contribution >= 4 is 0 Å². The number of benzene rings is 1. The van der Waals surface area contributed by atoms with Gasteiger partial charge in [-0.15, -0.1) is 0 Å². The van der Waals surface area contributed by atoms with E-state index in [0.717, 1.165) is 12.0 Å².